The van der Waals surface area contributed by atoms with Gasteiger partial charge in [-0.05, 0) is 44.2 Å². The summed E-state index contributed by atoms with van der Waals surface area (Å²) in [5.74, 6) is 0.782. The quantitative estimate of drug-likeness (QED) is 0.280. The number of hydrogen-bond donors (Lipinski definition) is 1. The highest BCUT2D eigenvalue weighted by molar-refractivity contribution is 5.21. The van der Waals surface area contributed by atoms with Gasteiger partial charge in [-0.15, -0.1) is 0 Å². The highest BCUT2D eigenvalue weighted by Crippen LogP contribution is 2.08. The Morgan fingerprint density at radius 3 is 2.29 bits per heavy atom. The average Bonchev–Trinajstić information content (AvgIpc) is 2.62. The fourth-order valence-corrected chi connectivity index (χ4v) is 2.20. The van der Waals surface area contributed by atoms with Crippen LogP contribution in [0, 0.1) is 0 Å². The van der Waals surface area contributed by atoms with E-state index in [1.165, 1.54) is 38.5 Å². The van der Waals surface area contributed by atoms with Gasteiger partial charge in [0.2, 0.25) is 0 Å². The van der Waals surface area contributed by atoms with Gasteiger partial charge in [-0.25, -0.2) is 0 Å². The number of aliphatic hydroxyl groups is 1. The standard InChI is InChI=1S/C22H32O2/c1-2-3-4-5-6-7-8-9-10-11-12-14-17-21(23)20-24-22-18-15-13-16-19-22/h5-6,11-19,21,23H,2-4,7-10,20H2,1H3/b6-5-,12-11-,17-14+. The van der Waals surface area contributed by atoms with Gasteiger partial charge < -0.3 is 9.84 Å². The van der Waals surface area contributed by atoms with Gasteiger partial charge in [-0.2, -0.15) is 0 Å². The van der Waals surface area contributed by atoms with Gasteiger partial charge >= 0.3 is 0 Å². The number of benzene rings is 1. The highest BCUT2D eigenvalue weighted by atomic mass is 16.5. The number of unbranched alkanes of at least 4 members (excludes halogenated alkanes) is 5. The molecule has 0 spiro atoms. The Kier molecular flexibility index (Phi) is 12.5. The molecule has 0 saturated carbocycles. The molecule has 1 unspecified atom stereocenters. The number of para-hydroxylation sites is 1. The Morgan fingerprint density at radius 1 is 0.917 bits per heavy atom. The highest BCUT2D eigenvalue weighted by Gasteiger charge is 1.99. The van der Waals surface area contributed by atoms with E-state index in [-0.39, 0.29) is 6.61 Å². The molecule has 0 radical (unpaired) electrons. The van der Waals surface area contributed by atoms with Gasteiger partial charge in [0.05, 0.1) is 0 Å². The van der Waals surface area contributed by atoms with Crippen molar-refractivity contribution in [1.82, 2.24) is 0 Å². The van der Waals surface area contributed by atoms with E-state index in [2.05, 4.69) is 25.2 Å². The molecule has 2 heteroatoms. The molecule has 1 rings (SSSR count). The third-order valence-electron chi connectivity index (χ3n) is 3.63. The molecule has 0 bridgehead atoms. The third-order valence-corrected chi connectivity index (χ3v) is 3.63. The van der Waals surface area contributed by atoms with E-state index in [0.717, 1.165) is 12.2 Å². The van der Waals surface area contributed by atoms with Crippen molar-refractivity contribution in [2.75, 3.05) is 6.61 Å². The van der Waals surface area contributed by atoms with E-state index in [1.807, 2.05) is 42.5 Å². The summed E-state index contributed by atoms with van der Waals surface area (Å²) >= 11 is 0. The van der Waals surface area contributed by atoms with Gasteiger partial charge in [0.1, 0.15) is 18.5 Å². The molecule has 24 heavy (non-hydrogen) atoms. The fraction of sp³-hybridized carbons (Fsp3) is 0.455. The summed E-state index contributed by atoms with van der Waals surface area (Å²) in [6.07, 6.45) is 20.4. The minimum absolute atomic E-state index is 0.277. The van der Waals surface area contributed by atoms with Gasteiger partial charge in [0, 0.05) is 0 Å². The maximum Gasteiger partial charge on any atom is 0.119 e. The van der Waals surface area contributed by atoms with Crippen molar-refractivity contribution in [2.24, 2.45) is 0 Å². The Hall–Kier alpha value is -1.80. The summed E-state index contributed by atoms with van der Waals surface area (Å²) in [6.45, 7) is 2.50. The first-order chi connectivity index (χ1) is 11.8. The van der Waals surface area contributed by atoms with Crippen LogP contribution in [-0.2, 0) is 0 Å². The van der Waals surface area contributed by atoms with Crippen molar-refractivity contribution >= 4 is 0 Å². The first-order valence-electron chi connectivity index (χ1n) is 9.17. The summed E-state index contributed by atoms with van der Waals surface area (Å²) in [6, 6.07) is 9.55. The molecule has 1 aromatic rings. The zero-order valence-electron chi connectivity index (χ0n) is 14.9. The fourth-order valence-electron chi connectivity index (χ4n) is 2.20. The average molecular weight is 328 g/mol. The topological polar surface area (TPSA) is 29.5 Å². The summed E-state index contributed by atoms with van der Waals surface area (Å²) in [5, 5.41) is 9.82. The lowest BCUT2D eigenvalue weighted by atomic mass is 10.1. The minimum Gasteiger partial charge on any atom is -0.491 e. The molecule has 0 amide bonds. The first kappa shape index (κ1) is 20.2. The molecular weight excluding hydrogens is 296 g/mol. The lowest BCUT2D eigenvalue weighted by Gasteiger charge is -2.08. The van der Waals surface area contributed by atoms with E-state index in [1.54, 1.807) is 6.08 Å². The lowest BCUT2D eigenvalue weighted by Crippen LogP contribution is -2.14. The van der Waals surface area contributed by atoms with Crippen LogP contribution in [0.1, 0.15) is 51.9 Å². The molecule has 2 nitrogen and oxygen atoms in total. The predicted molar refractivity (Wildman–Crippen MR) is 103 cm³/mol. The normalized spacial score (nSPS) is 13.2. The maximum absolute atomic E-state index is 9.82. The SMILES string of the molecule is CCCC/C=C\CCCC/C=C\C=C\C(O)COc1ccccc1. The smallest absolute Gasteiger partial charge is 0.119 e. The van der Waals surface area contributed by atoms with Crippen molar-refractivity contribution in [1.29, 1.82) is 0 Å². The number of aliphatic hydroxyl groups excluding tert-OH is 1. The molecule has 0 heterocycles. The number of ether oxygens (including phenoxy) is 1. The molecular formula is C22H32O2. The summed E-state index contributed by atoms with van der Waals surface area (Å²) in [4.78, 5) is 0. The zero-order chi connectivity index (χ0) is 17.3. The summed E-state index contributed by atoms with van der Waals surface area (Å²) in [7, 11) is 0. The van der Waals surface area contributed by atoms with Gasteiger partial charge in [-0.3, -0.25) is 0 Å². The number of hydrogen-bond acceptors (Lipinski definition) is 2. The monoisotopic (exact) mass is 328 g/mol. The summed E-state index contributed by atoms with van der Waals surface area (Å²) < 4.78 is 5.49. The van der Waals surface area contributed by atoms with E-state index < -0.39 is 6.10 Å². The molecule has 0 fully saturated rings. The maximum atomic E-state index is 9.82. The van der Waals surface area contributed by atoms with Gasteiger partial charge in [0.15, 0.2) is 0 Å². The van der Waals surface area contributed by atoms with Crippen LogP contribution in [0.2, 0.25) is 0 Å². The second-order valence-electron chi connectivity index (χ2n) is 5.90. The molecule has 1 aromatic carbocycles. The Labute approximate surface area is 147 Å². The third kappa shape index (κ3) is 11.7. The van der Waals surface area contributed by atoms with Crippen molar-refractivity contribution in [3.05, 3.63) is 66.8 Å². The minimum atomic E-state index is -0.580. The van der Waals surface area contributed by atoms with Crippen LogP contribution < -0.4 is 4.74 Å². The van der Waals surface area contributed by atoms with Crippen molar-refractivity contribution < 1.29 is 9.84 Å². The molecule has 1 atom stereocenters. The Morgan fingerprint density at radius 2 is 1.58 bits per heavy atom. The molecule has 1 N–H and O–H groups in total. The van der Waals surface area contributed by atoms with E-state index in [4.69, 9.17) is 4.74 Å². The van der Waals surface area contributed by atoms with Crippen LogP contribution in [0.3, 0.4) is 0 Å². The van der Waals surface area contributed by atoms with Crippen molar-refractivity contribution in [2.45, 2.75) is 58.0 Å². The van der Waals surface area contributed by atoms with Crippen molar-refractivity contribution in [3.8, 4) is 5.75 Å². The van der Waals surface area contributed by atoms with Gasteiger partial charge in [0.25, 0.3) is 0 Å². The van der Waals surface area contributed by atoms with Crippen LogP contribution in [0.25, 0.3) is 0 Å². The molecule has 132 valence electrons. The first-order valence-corrected chi connectivity index (χ1v) is 9.17. The van der Waals surface area contributed by atoms with Gasteiger partial charge in [-0.1, -0.05) is 74.4 Å². The van der Waals surface area contributed by atoms with Crippen LogP contribution in [0.4, 0.5) is 0 Å². The van der Waals surface area contributed by atoms with Crippen LogP contribution in [0.5, 0.6) is 5.75 Å². The number of allylic oxidation sites excluding steroid dienone is 5. The zero-order valence-corrected chi connectivity index (χ0v) is 14.9. The largest absolute Gasteiger partial charge is 0.491 e. The molecule has 0 saturated heterocycles. The lowest BCUT2D eigenvalue weighted by molar-refractivity contribution is 0.144. The number of rotatable bonds is 13. The van der Waals surface area contributed by atoms with E-state index in [0.29, 0.717) is 0 Å². The molecule has 0 aliphatic heterocycles. The predicted octanol–water partition coefficient (Wildman–Crippen LogP) is 5.85. The van der Waals surface area contributed by atoms with Crippen LogP contribution in [0.15, 0.2) is 66.8 Å². The second kappa shape index (κ2) is 14.8. The molecule has 0 aliphatic carbocycles. The van der Waals surface area contributed by atoms with Crippen LogP contribution >= 0.6 is 0 Å². The Balaban J connectivity index is 2.01. The Bertz CT molecular complexity index is 474. The second-order valence-corrected chi connectivity index (χ2v) is 5.90. The van der Waals surface area contributed by atoms with E-state index in [9.17, 15) is 5.11 Å². The van der Waals surface area contributed by atoms with Crippen molar-refractivity contribution in [3.63, 3.8) is 0 Å². The molecule has 0 aliphatic rings. The molecule has 0 aromatic heterocycles. The van der Waals surface area contributed by atoms with E-state index >= 15 is 0 Å². The van der Waals surface area contributed by atoms with Crippen LogP contribution in [-0.4, -0.2) is 17.8 Å². The summed E-state index contributed by atoms with van der Waals surface area (Å²) in [5.41, 5.74) is 0.